The van der Waals surface area contributed by atoms with Crippen LogP contribution >= 0.6 is 0 Å². The topological polar surface area (TPSA) is 167 Å². The molecule has 14 heteroatoms. The fourth-order valence-electron chi connectivity index (χ4n) is 9.51. The first kappa shape index (κ1) is 51.2. The van der Waals surface area contributed by atoms with Crippen LogP contribution in [0.2, 0.25) is 0 Å². The van der Waals surface area contributed by atoms with Gasteiger partial charge in [0.1, 0.15) is 23.0 Å². The van der Waals surface area contributed by atoms with Crippen LogP contribution in [0.15, 0.2) is 97.6 Å². The minimum atomic E-state index is -0.913. The van der Waals surface area contributed by atoms with Crippen LogP contribution in [0.25, 0.3) is 22.5 Å². The van der Waals surface area contributed by atoms with E-state index in [0.29, 0.717) is 24.2 Å². The van der Waals surface area contributed by atoms with Crippen molar-refractivity contribution in [1.82, 2.24) is 35.1 Å². The molecule has 2 aromatic heterocycles. The minimum Gasteiger partial charge on any atom is -0.491 e. The minimum absolute atomic E-state index is 0.0510. The van der Waals surface area contributed by atoms with Crippen molar-refractivity contribution in [3.63, 3.8) is 0 Å². The molecule has 4 N–H and O–H groups in total. The monoisotopic (exact) mass is 954 g/mol. The van der Waals surface area contributed by atoms with Crippen LogP contribution in [0.3, 0.4) is 0 Å². The Morgan fingerprint density at radius 2 is 1.11 bits per heavy atom. The standard InChI is InChI=1S/C25H27N3O3.C14H15N3O.C11H14O3.C6H15N/c1-16(2)30-20-9-8-18(14-17(20)3)24(29)28-12-10-25(11-13-28)23-22(26-15-27-23)19-6-4-5-7-21(19)31-25;1-2-4-11-10(3-1)12-13(17-9-16-12)14(18-11)5-7-15-8-6-14;1-7(2)14-10-5-4-9(11(12)13)6-8(10)3;1-4-7(5-2)6-3/h4-9,14-16H,10-13H2,1-3H3,(H,26,27);1-4,9,15H,5-8H2,(H,16,17);4-7H,1-3H3,(H,12,13);4-6H2,1-3H3. The number of likely N-dealkylation sites (tertiary alicyclic amines) is 1. The van der Waals surface area contributed by atoms with Crippen molar-refractivity contribution in [2.75, 3.05) is 45.8 Å². The van der Waals surface area contributed by atoms with E-state index in [1.165, 1.54) is 19.6 Å². The molecule has 10 rings (SSSR count). The number of carbonyl (C=O) groups excluding carboxylic acids is 1. The van der Waals surface area contributed by atoms with Gasteiger partial charge in [0.15, 0.2) is 11.2 Å². The van der Waals surface area contributed by atoms with Gasteiger partial charge in [-0.1, -0.05) is 45.0 Å². The van der Waals surface area contributed by atoms with Crippen molar-refractivity contribution in [2.24, 2.45) is 0 Å². The molecule has 0 aliphatic carbocycles. The van der Waals surface area contributed by atoms with Gasteiger partial charge in [0.05, 0.1) is 53.2 Å². The van der Waals surface area contributed by atoms with Crippen molar-refractivity contribution in [2.45, 2.75) is 111 Å². The highest BCUT2D eigenvalue weighted by atomic mass is 16.5. The predicted molar refractivity (Wildman–Crippen MR) is 274 cm³/mol. The summed E-state index contributed by atoms with van der Waals surface area (Å²) in [5, 5.41) is 12.1. The summed E-state index contributed by atoms with van der Waals surface area (Å²) in [6.07, 6.45) is 7.12. The van der Waals surface area contributed by atoms with Crippen LogP contribution in [0.5, 0.6) is 23.0 Å². The van der Waals surface area contributed by atoms with E-state index >= 15 is 0 Å². The maximum absolute atomic E-state index is 13.2. The highest BCUT2D eigenvalue weighted by Crippen LogP contribution is 2.49. The third-order valence-corrected chi connectivity index (χ3v) is 13.3. The van der Waals surface area contributed by atoms with Crippen molar-refractivity contribution < 1.29 is 33.6 Å². The number of aromatic carboxylic acids is 1. The largest absolute Gasteiger partial charge is 0.491 e. The molecule has 6 aromatic rings. The number of aromatic nitrogens is 4. The number of amides is 1. The lowest BCUT2D eigenvalue weighted by Crippen LogP contribution is -2.49. The average molecular weight is 954 g/mol. The van der Waals surface area contributed by atoms with E-state index in [0.717, 1.165) is 107 Å². The number of rotatable bonds is 9. The van der Waals surface area contributed by atoms with Crippen LogP contribution < -0.4 is 24.3 Å². The molecule has 2 spiro atoms. The summed E-state index contributed by atoms with van der Waals surface area (Å²) in [6.45, 7) is 25.0. The Balaban J connectivity index is 0.000000156. The smallest absolute Gasteiger partial charge is 0.335 e. The lowest BCUT2D eigenvalue weighted by atomic mass is 9.83. The number of aryl methyl sites for hydroxylation is 2. The van der Waals surface area contributed by atoms with Gasteiger partial charge in [-0.2, -0.15) is 0 Å². The lowest BCUT2D eigenvalue weighted by molar-refractivity contribution is -0.00450. The number of hydrogen-bond donors (Lipinski definition) is 4. The van der Waals surface area contributed by atoms with Gasteiger partial charge in [0.2, 0.25) is 0 Å². The van der Waals surface area contributed by atoms with Crippen molar-refractivity contribution in [3.05, 3.63) is 131 Å². The summed E-state index contributed by atoms with van der Waals surface area (Å²) >= 11 is 0. The quantitative estimate of drug-likeness (QED) is 0.109. The Morgan fingerprint density at radius 1 is 0.671 bits per heavy atom. The summed E-state index contributed by atoms with van der Waals surface area (Å²) in [4.78, 5) is 43.8. The first-order valence-corrected chi connectivity index (χ1v) is 24.9. The molecular formula is C56H71N7O7. The van der Waals surface area contributed by atoms with Gasteiger partial charge in [-0.05, 0) is 146 Å². The molecule has 6 heterocycles. The molecule has 4 aliphatic rings. The molecule has 4 aliphatic heterocycles. The van der Waals surface area contributed by atoms with Gasteiger partial charge in [0, 0.05) is 55.5 Å². The average Bonchev–Trinajstić information content (AvgIpc) is 4.08. The second-order valence-corrected chi connectivity index (χ2v) is 18.7. The Kier molecular flexibility index (Phi) is 16.7. The predicted octanol–water partition coefficient (Wildman–Crippen LogP) is 10.6. The van der Waals surface area contributed by atoms with Gasteiger partial charge in [-0.15, -0.1) is 0 Å². The fraction of sp³-hybridized carbons (Fsp3) is 0.429. The molecule has 14 nitrogen and oxygen atoms in total. The van der Waals surface area contributed by atoms with Crippen LogP contribution in [-0.4, -0.2) is 105 Å². The SMILES string of the molecule is CCN(CC)CC.Cc1cc(C(=O)N2CCC3(CC2)Oc2ccccc2-c2nc[nH]c23)ccc1OC(C)C.Cc1cc(C(=O)O)ccc1OC(C)C.c1ccc2c(c1)OC1(CCNCC1)c1[nH]cnc1-2. The Bertz CT molecular complexity index is 2680. The summed E-state index contributed by atoms with van der Waals surface area (Å²) in [5.41, 5.74) is 8.40. The lowest BCUT2D eigenvalue weighted by Gasteiger charge is -2.43. The molecule has 2 fully saturated rings. The first-order chi connectivity index (χ1) is 33.7. The fourth-order valence-corrected chi connectivity index (χ4v) is 9.51. The number of carboxylic acid groups (broad SMARTS) is 1. The number of fused-ring (bicyclic) bond motifs is 8. The van der Waals surface area contributed by atoms with Crippen molar-refractivity contribution in [3.8, 4) is 45.5 Å². The van der Waals surface area contributed by atoms with E-state index in [1.54, 1.807) is 30.9 Å². The summed E-state index contributed by atoms with van der Waals surface area (Å²) in [5.74, 6) is 2.52. The molecule has 4 aromatic carbocycles. The number of benzene rings is 4. The number of carboxylic acids is 1. The number of H-pyrrole nitrogens is 2. The van der Waals surface area contributed by atoms with Gasteiger partial charge in [0.25, 0.3) is 5.91 Å². The van der Waals surface area contributed by atoms with Gasteiger partial charge < -0.3 is 49.1 Å². The van der Waals surface area contributed by atoms with Gasteiger partial charge in [-0.3, -0.25) is 4.79 Å². The normalized spacial score (nSPS) is 15.6. The number of para-hydroxylation sites is 2. The Morgan fingerprint density at radius 3 is 1.54 bits per heavy atom. The molecule has 0 unspecified atom stereocenters. The number of nitrogens with one attached hydrogen (secondary N) is 3. The van der Waals surface area contributed by atoms with E-state index in [9.17, 15) is 9.59 Å². The van der Waals surface area contributed by atoms with Gasteiger partial charge in [-0.25, -0.2) is 14.8 Å². The number of hydrogen-bond acceptors (Lipinski definition) is 10. The summed E-state index contributed by atoms with van der Waals surface area (Å²) in [6, 6.07) is 26.7. The third-order valence-electron chi connectivity index (χ3n) is 13.3. The summed E-state index contributed by atoms with van der Waals surface area (Å²) in [7, 11) is 0. The number of imidazole rings is 2. The van der Waals surface area contributed by atoms with Crippen LogP contribution in [0.1, 0.15) is 117 Å². The first-order valence-electron chi connectivity index (χ1n) is 24.9. The molecule has 70 heavy (non-hydrogen) atoms. The molecule has 0 radical (unpaired) electrons. The Hall–Kier alpha value is -6.64. The molecule has 0 atom stereocenters. The van der Waals surface area contributed by atoms with E-state index in [-0.39, 0.29) is 23.7 Å². The second kappa shape index (κ2) is 22.9. The highest BCUT2D eigenvalue weighted by molar-refractivity contribution is 5.94. The zero-order chi connectivity index (χ0) is 50.0. The molecule has 1 amide bonds. The van der Waals surface area contributed by atoms with Crippen LogP contribution in [0, 0.1) is 13.8 Å². The van der Waals surface area contributed by atoms with Crippen molar-refractivity contribution in [1.29, 1.82) is 0 Å². The number of nitrogens with zero attached hydrogens (tertiary/aromatic N) is 4. The molecule has 0 bridgehead atoms. The zero-order valence-corrected chi connectivity index (χ0v) is 42.4. The Labute approximate surface area is 413 Å². The maximum Gasteiger partial charge on any atom is 0.335 e. The molecular weight excluding hydrogens is 883 g/mol. The van der Waals surface area contributed by atoms with Crippen LogP contribution in [-0.2, 0) is 11.2 Å². The third kappa shape index (κ3) is 11.5. The van der Waals surface area contributed by atoms with Gasteiger partial charge >= 0.3 is 5.97 Å². The van der Waals surface area contributed by atoms with Crippen LogP contribution in [0.4, 0.5) is 0 Å². The number of aromatic amines is 2. The number of ether oxygens (including phenoxy) is 4. The van der Waals surface area contributed by atoms with E-state index < -0.39 is 11.6 Å². The maximum atomic E-state index is 13.2. The van der Waals surface area contributed by atoms with E-state index in [2.05, 4.69) is 57.0 Å². The number of piperidine rings is 2. The number of carbonyl (C=O) groups is 2. The molecule has 372 valence electrons. The van der Waals surface area contributed by atoms with Crippen molar-refractivity contribution >= 4 is 11.9 Å². The second-order valence-electron chi connectivity index (χ2n) is 18.7. The van der Waals surface area contributed by atoms with E-state index in [4.69, 9.17) is 24.1 Å². The zero-order valence-electron chi connectivity index (χ0n) is 42.4. The van der Waals surface area contributed by atoms with E-state index in [1.807, 2.05) is 107 Å². The summed E-state index contributed by atoms with van der Waals surface area (Å²) < 4.78 is 24.1. The molecule has 0 saturated carbocycles. The highest BCUT2D eigenvalue weighted by Gasteiger charge is 2.46. The molecule has 2 saturated heterocycles.